The number of nitrogens with zero attached hydrogens (tertiary/aromatic N) is 1. The maximum atomic E-state index is 12.5. The molecule has 3 aromatic rings. The Balaban J connectivity index is 1.65. The van der Waals surface area contributed by atoms with Crippen LogP contribution in [0.3, 0.4) is 0 Å². The first-order valence-corrected chi connectivity index (χ1v) is 8.87. The highest BCUT2D eigenvalue weighted by Gasteiger charge is 2.17. The van der Waals surface area contributed by atoms with E-state index < -0.39 is 0 Å². The second kappa shape index (κ2) is 7.92. The van der Waals surface area contributed by atoms with Crippen molar-refractivity contribution in [3.8, 4) is 11.3 Å². The molecule has 3 rings (SSSR count). The number of rotatable bonds is 6. The quantitative estimate of drug-likeness (QED) is 0.637. The summed E-state index contributed by atoms with van der Waals surface area (Å²) in [5.74, 6) is -0.0583. The van der Waals surface area contributed by atoms with Gasteiger partial charge in [-0.3, -0.25) is 4.79 Å². The van der Waals surface area contributed by atoms with E-state index in [4.69, 9.17) is 5.73 Å². The number of nitrogens with one attached hydrogen (secondary N) is 2. The molecule has 0 aliphatic carbocycles. The number of hydrogen-bond donors (Lipinski definition) is 3. The van der Waals surface area contributed by atoms with E-state index >= 15 is 0 Å². The number of hydrogen-bond acceptors (Lipinski definition) is 5. The molecule has 2 aromatic carbocycles. The number of carbonyl (C=O) groups excluding carboxylic acids is 1. The Labute approximate surface area is 150 Å². The lowest BCUT2D eigenvalue weighted by molar-refractivity contribution is -0.118. The number of benzene rings is 2. The van der Waals surface area contributed by atoms with Gasteiger partial charge in [-0.1, -0.05) is 42.5 Å². The predicted octanol–water partition coefficient (Wildman–Crippen LogP) is 3.16. The maximum Gasteiger partial charge on any atom is 0.241 e. The minimum Gasteiger partial charge on any atom is -0.375 e. The van der Waals surface area contributed by atoms with Crippen molar-refractivity contribution in [2.75, 3.05) is 18.1 Å². The summed E-state index contributed by atoms with van der Waals surface area (Å²) in [6.45, 7) is 0. The molecular formula is C19H20N4OS. The molecule has 0 aliphatic rings. The zero-order valence-electron chi connectivity index (χ0n) is 13.9. The van der Waals surface area contributed by atoms with E-state index in [-0.39, 0.29) is 11.9 Å². The van der Waals surface area contributed by atoms with E-state index in [9.17, 15) is 4.79 Å². The topological polar surface area (TPSA) is 80.0 Å². The van der Waals surface area contributed by atoms with Gasteiger partial charge in [-0.15, -0.1) is 11.3 Å². The number of likely N-dealkylation sites (N-methyl/N-ethyl adjacent to an activating group) is 1. The Bertz CT molecular complexity index is 830. The van der Waals surface area contributed by atoms with Crippen LogP contribution in [0.5, 0.6) is 0 Å². The van der Waals surface area contributed by atoms with Crippen molar-refractivity contribution in [1.82, 2.24) is 10.3 Å². The summed E-state index contributed by atoms with van der Waals surface area (Å²) in [5.41, 5.74) is 9.36. The first-order chi connectivity index (χ1) is 12.2. The standard InChI is InChI=1S/C19H20N4OS/c1-21-16(11-13-5-3-2-4-6-13)18(24)22-15-9-7-14(8-10-15)17-12-25-19(20)23-17/h2-10,12,16,21H,11H2,1H3,(H2,20,23)(H,22,24)/t16-/m0/s1. The number of thiazole rings is 1. The molecule has 0 spiro atoms. The SMILES string of the molecule is CN[C@@H](Cc1ccccc1)C(=O)Nc1ccc(-c2csc(N)n2)cc1. The van der Waals surface area contributed by atoms with Gasteiger partial charge in [0.2, 0.25) is 5.91 Å². The van der Waals surface area contributed by atoms with E-state index in [0.717, 1.165) is 22.5 Å². The minimum atomic E-state index is -0.291. The molecule has 5 nitrogen and oxygen atoms in total. The number of amides is 1. The van der Waals surface area contributed by atoms with E-state index in [1.165, 1.54) is 11.3 Å². The first kappa shape index (κ1) is 17.1. The molecule has 0 saturated heterocycles. The van der Waals surface area contributed by atoms with E-state index in [1.807, 2.05) is 60.0 Å². The highest BCUT2D eigenvalue weighted by molar-refractivity contribution is 7.13. The first-order valence-electron chi connectivity index (χ1n) is 7.99. The zero-order chi connectivity index (χ0) is 17.6. The van der Waals surface area contributed by atoms with Crippen LogP contribution < -0.4 is 16.4 Å². The predicted molar refractivity (Wildman–Crippen MR) is 104 cm³/mol. The molecule has 0 unspecified atom stereocenters. The molecule has 0 bridgehead atoms. The molecule has 1 amide bonds. The van der Waals surface area contributed by atoms with Gasteiger partial charge in [-0.05, 0) is 31.2 Å². The normalized spacial score (nSPS) is 11.9. The highest BCUT2D eigenvalue weighted by Crippen LogP contribution is 2.24. The third-order valence-corrected chi connectivity index (χ3v) is 4.59. The van der Waals surface area contributed by atoms with Crippen LogP contribution >= 0.6 is 11.3 Å². The van der Waals surface area contributed by atoms with Crippen LogP contribution in [0.25, 0.3) is 11.3 Å². The fraction of sp³-hybridized carbons (Fsp3) is 0.158. The molecule has 6 heteroatoms. The Morgan fingerprint density at radius 3 is 2.48 bits per heavy atom. The van der Waals surface area contributed by atoms with Crippen LogP contribution in [0.2, 0.25) is 0 Å². The van der Waals surface area contributed by atoms with Crippen LogP contribution in [-0.2, 0) is 11.2 Å². The van der Waals surface area contributed by atoms with Crippen molar-refractivity contribution in [3.05, 3.63) is 65.5 Å². The Morgan fingerprint density at radius 1 is 1.16 bits per heavy atom. The van der Waals surface area contributed by atoms with Crippen molar-refractivity contribution >= 4 is 28.1 Å². The van der Waals surface area contributed by atoms with Crippen molar-refractivity contribution in [2.45, 2.75) is 12.5 Å². The van der Waals surface area contributed by atoms with Gasteiger partial charge in [0.15, 0.2) is 5.13 Å². The summed E-state index contributed by atoms with van der Waals surface area (Å²) in [6.07, 6.45) is 0.638. The van der Waals surface area contributed by atoms with Crippen LogP contribution in [0.1, 0.15) is 5.56 Å². The van der Waals surface area contributed by atoms with Gasteiger partial charge in [-0.25, -0.2) is 4.98 Å². The van der Waals surface area contributed by atoms with E-state index in [2.05, 4.69) is 15.6 Å². The smallest absolute Gasteiger partial charge is 0.241 e. The van der Waals surface area contributed by atoms with Crippen molar-refractivity contribution < 1.29 is 4.79 Å². The summed E-state index contributed by atoms with van der Waals surface area (Å²) in [5, 5.41) is 8.49. The monoisotopic (exact) mass is 352 g/mol. The second-order valence-corrected chi connectivity index (χ2v) is 6.56. The van der Waals surface area contributed by atoms with Gasteiger partial charge >= 0.3 is 0 Å². The van der Waals surface area contributed by atoms with Gasteiger partial charge in [0.05, 0.1) is 11.7 Å². The van der Waals surface area contributed by atoms with E-state index in [0.29, 0.717) is 11.6 Å². The van der Waals surface area contributed by atoms with Crippen molar-refractivity contribution in [3.63, 3.8) is 0 Å². The van der Waals surface area contributed by atoms with E-state index in [1.54, 1.807) is 7.05 Å². The molecule has 1 aromatic heterocycles. The lowest BCUT2D eigenvalue weighted by Crippen LogP contribution is -2.40. The van der Waals surface area contributed by atoms with Crippen LogP contribution in [0.4, 0.5) is 10.8 Å². The number of nitrogen functional groups attached to an aromatic ring is 1. The van der Waals surface area contributed by atoms with Crippen molar-refractivity contribution in [2.24, 2.45) is 0 Å². The number of carbonyl (C=O) groups is 1. The Hall–Kier alpha value is -2.70. The lowest BCUT2D eigenvalue weighted by atomic mass is 10.1. The van der Waals surface area contributed by atoms with Gasteiger partial charge in [-0.2, -0.15) is 0 Å². The van der Waals surface area contributed by atoms with Crippen LogP contribution in [-0.4, -0.2) is 24.0 Å². The number of aromatic nitrogens is 1. The molecule has 0 fully saturated rings. The largest absolute Gasteiger partial charge is 0.375 e. The summed E-state index contributed by atoms with van der Waals surface area (Å²) < 4.78 is 0. The van der Waals surface area contributed by atoms with Crippen LogP contribution in [0.15, 0.2) is 60.0 Å². The minimum absolute atomic E-state index is 0.0583. The fourth-order valence-electron chi connectivity index (χ4n) is 2.55. The van der Waals surface area contributed by atoms with Gasteiger partial charge in [0.1, 0.15) is 0 Å². The second-order valence-electron chi connectivity index (χ2n) is 5.67. The Kier molecular flexibility index (Phi) is 5.42. The van der Waals surface area contributed by atoms with Gasteiger partial charge in [0, 0.05) is 16.6 Å². The molecule has 0 saturated carbocycles. The number of nitrogens with two attached hydrogens (primary N) is 1. The molecular weight excluding hydrogens is 332 g/mol. The highest BCUT2D eigenvalue weighted by atomic mass is 32.1. The molecule has 0 aliphatic heterocycles. The molecule has 25 heavy (non-hydrogen) atoms. The molecule has 4 N–H and O–H groups in total. The third-order valence-electron chi connectivity index (χ3n) is 3.92. The number of anilines is 2. The molecule has 1 atom stereocenters. The molecule has 1 heterocycles. The molecule has 0 radical (unpaired) electrons. The average Bonchev–Trinajstić information content (AvgIpc) is 3.07. The third kappa shape index (κ3) is 4.43. The lowest BCUT2D eigenvalue weighted by Gasteiger charge is -2.16. The fourth-order valence-corrected chi connectivity index (χ4v) is 3.12. The Morgan fingerprint density at radius 2 is 1.88 bits per heavy atom. The average molecular weight is 352 g/mol. The zero-order valence-corrected chi connectivity index (χ0v) is 14.7. The van der Waals surface area contributed by atoms with Crippen molar-refractivity contribution in [1.29, 1.82) is 0 Å². The summed E-state index contributed by atoms with van der Waals surface area (Å²) in [4.78, 5) is 16.8. The summed E-state index contributed by atoms with van der Waals surface area (Å²) >= 11 is 1.41. The van der Waals surface area contributed by atoms with Gasteiger partial charge < -0.3 is 16.4 Å². The summed E-state index contributed by atoms with van der Waals surface area (Å²) in [6, 6.07) is 17.3. The van der Waals surface area contributed by atoms with Gasteiger partial charge in [0.25, 0.3) is 0 Å². The maximum absolute atomic E-state index is 12.5. The summed E-state index contributed by atoms with van der Waals surface area (Å²) in [7, 11) is 1.79. The molecule has 128 valence electrons. The van der Waals surface area contributed by atoms with Crippen LogP contribution in [0, 0.1) is 0 Å².